The van der Waals surface area contributed by atoms with Crippen LogP contribution in [-0.4, -0.2) is 40.4 Å². The van der Waals surface area contributed by atoms with Gasteiger partial charge in [-0.1, -0.05) is 72.3 Å². The number of amides is 1. The van der Waals surface area contributed by atoms with E-state index in [1.807, 2.05) is 78.2 Å². The van der Waals surface area contributed by atoms with Crippen LogP contribution in [0.4, 0.5) is 5.95 Å². The first kappa shape index (κ1) is 22.5. The third-order valence-electron chi connectivity index (χ3n) is 6.30. The molecule has 7 nitrogen and oxygen atoms in total. The van der Waals surface area contributed by atoms with Crippen molar-refractivity contribution in [2.24, 2.45) is 5.92 Å². The lowest BCUT2D eigenvalue weighted by Gasteiger charge is -2.37. The number of ether oxygens (including phenoxy) is 1. The third-order valence-corrected chi connectivity index (χ3v) is 6.30. The van der Waals surface area contributed by atoms with Crippen molar-refractivity contribution in [2.45, 2.75) is 19.9 Å². The Labute approximate surface area is 203 Å². The second kappa shape index (κ2) is 9.18. The van der Waals surface area contributed by atoms with E-state index in [2.05, 4.69) is 0 Å². The monoisotopic (exact) mass is 467 g/mol. The summed E-state index contributed by atoms with van der Waals surface area (Å²) in [4.78, 5) is 46.4. The maximum absolute atomic E-state index is 13.9. The number of aromatic nitrogens is 2. The van der Waals surface area contributed by atoms with Crippen LogP contribution in [0.15, 0.2) is 78.9 Å². The predicted molar refractivity (Wildman–Crippen MR) is 132 cm³/mol. The highest BCUT2D eigenvalue weighted by Crippen LogP contribution is 2.41. The number of carbonyl (C=O) groups excluding carboxylic acids is 3. The first-order chi connectivity index (χ1) is 17.0. The molecule has 0 aliphatic carbocycles. The molecule has 3 aromatic carbocycles. The normalized spacial score (nSPS) is 17.3. The van der Waals surface area contributed by atoms with Gasteiger partial charge in [-0.2, -0.15) is 0 Å². The molecule has 5 rings (SSSR count). The van der Waals surface area contributed by atoms with Crippen LogP contribution in [0, 0.1) is 12.8 Å². The number of benzene rings is 3. The molecule has 35 heavy (non-hydrogen) atoms. The van der Waals surface area contributed by atoms with E-state index < -0.39 is 23.8 Å². The molecule has 1 aliphatic heterocycles. The molecule has 2 atom stereocenters. The summed E-state index contributed by atoms with van der Waals surface area (Å²) in [7, 11) is 0. The number of rotatable bonds is 6. The van der Waals surface area contributed by atoms with Crippen LogP contribution < -0.4 is 4.90 Å². The molecule has 1 aliphatic rings. The highest BCUT2D eigenvalue weighted by molar-refractivity contribution is 6.12. The first-order valence-electron chi connectivity index (χ1n) is 11.6. The Morgan fingerprint density at radius 1 is 0.943 bits per heavy atom. The Bertz CT molecular complexity index is 1410. The van der Waals surface area contributed by atoms with Crippen molar-refractivity contribution in [2.75, 3.05) is 18.1 Å². The van der Waals surface area contributed by atoms with E-state index in [9.17, 15) is 14.4 Å². The zero-order valence-corrected chi connectivity index (χ0v) is 19.5. The number of carbonyl (C=O) groups is 3. The minimum Gasteiger partial charge on any atom is -0.465 e. The van der Waals surface area contributed by atoms with E-state index >= 15 is 0 Å². The largest absolute Gasteiger partial charge is 0.465 e. The number of para-hydroxylation sites is 2. The molecule has 1 amide bonds. The van der Waals surface area contributed by atoms with Crippen LogP contribution in [0.25, 0.3) is 11.0 Å². The smallest absolute Gasteiger partial charge is 0.321 e. The molecule has 176 valence electrons. The summed E-state index contributed by atoms with van der Waals surface area (Å²) in [6.45, 7) is 3.56. The highest BCUT2D eigenvalue weighted by Gasteiger charge is 2.48. The Kier molecular flexibility index (Phi) is 5.91. The number of hydrogen-bond acceptors (Lipinski definition) is 5. The van der Waals surface area contributed by atoms with Crippen molar-refractivity contribution in [3.63, 3.8) is 0 Å². The standard InChI is InChI=1S/C28H25N3O4/c1-3-35-27(34)24-25(20-9-5-4-6-10-20)31-22-12-8-7-11-21(22)29-28(31)30(26(24)33)17-23(32)19-15-13-18(2)14-16-19/h4-16,24-25H,3,17H2,1-2H3/t24-,25+/m1/s1. The number of anilines is 1. The number of esters is 1. The number of imidazole rings is 1. The van der Waals surface area contributed by atoms with E-state index in [1.54, 1.807) is 19.1 Å². The Balaban J connectivity index is 1.68. The number of aryl methyl sites for hydroxylation is 1. The molecule has 0 fully saturated rings. The van der Waals surface area contributed by atoms with Crippen LogP contribution >= 0.6 is 0 Å². The molecule has 0 N–H and O–H groups in total. The summed E-state index contributed by atoms with van der Waals surface area (Å²) in [5, 5.41) is 0. The molecule has 0 saturated heterocycles. The molecular formula is C28H25N3O4. The first-order valence-corrected chi connectivity index (χ1v) is 11.6. The molecule has 4 aromatic rings. The van der Waals surface area contributed by atoms with Crippen molar-refractivity contribution in [1.82, 2.24) is 9.55 Å². The maximum Gasteiger partial charge on any atom is 0.321 e. The van der Waals surface area contributed by atoms with Crippen LogP contribution in [-0.2, 0) is 14.3 Å². The van der Waals surface area contributed by atoms with Crippen LogP contribution in [0.3, 0.4) is 0 Å². The minimum atomic E-state index is -1.16. The second-order valence-electron chi connectivity index (χ2n) is 8.57. The van der Waals surface area contributed by atoms with Gasteiger partial charge in [0.05, 0.1) is 30.2 Å². The fourth-order valence-electron chi connectivity index (χ4n) is 4.62. The van der Waals surface area contributed by atoms with Gasteiger partial charge in [0, 0.05) is 5.56 Å². The molecule has 0 spiro atoms. The molecule has 0 unspecified atom stereocenters. The molecule has 0 saturated carbocycles. The van der Waals surface area contributed by atoms with Gasteiger partial charge in [0.2, 0.25) is 11.9 Å². The number of nitrogens with zero attached hydrogens (tertiary/aromatic N) is 3. The summed E-state index contributed by atoms with van der Waals surface area (Å²) in [5.41, 5.74) is 3.75. The van der Waals surface area contributed by atoms with Gasteiger partial charge in [-0.05, 0) is 31.5 Å². The summed E-state index contributed by atoms with van der Waals surface area (Å²) in [5.74, 6) is -2.18. The molecular weight excluding hydrogens is 442 g/mol. The number of Topliss-reactive ketones (excluding diaryl/α,β-unsaturated/α-hetero) is 1. The van der Waals surface area contributed by atoms with Crippen molar-refractivity contribution >= 4 is 34.6 Å². The zero-order chi connectivity index (χ0) is 24.5. The topological polar surface area (TPSA) is 81.5 Å². The molecule has 7 heteroatoms. The molecule has 1 aromatic heterocycles. The maximum atomic E-state index is 13.9. The van der Waals surface area contributed by atoms with Gasteiger partial charge in [0.15, 0.2) is 11.7 Å². The van der Waals surface area contributed by atoms with E-state index in [0.29, 0.717) is 17.0 Å². The van der Waals surface area contributed by atoms with Gasteiger partial charge in [0.25, 0.3) is 0 Å². The summed E-state index contributed by atoms with van der Waals surface area (Å²) < 4.78 is 7.24. The molecule has 2 heterocycles. The number of fused-ring (bicyclic) bond motifs is 3. The molecule has 0 radical (unpaired) electrons. The van der Waals surface area contributed by atoms with Crippen LogP contribution in [0.1, 0.15) is 34.5 Å². The van der Waals surface area contributed by atoms with Crippen molar-refractivity contribution in [1.29, 1.82) is 0 Å². The summed E-state index contributed by atoms with van der Waals surface area (Å²) in [6.07, 6.45) is 0. The quantitative estimate of drug-likeness (QED) is 0.239. The molecule has 0 bridgehead atoms. The average Bonchev–Trinajstić information content (AvgIpc) is 3.25. The van der Waals surface area contributed by atoms with Crippen molar-refractivity contribution < 1.29 is 19.1 Å². The summed E-state index contributed by atoms with van der Waals surface area (Å²) in [6, 6.07) is 23.4. The highest BCUT2D eigenvalue weighted by atomic mass is 16.5. The van der Waals surface area contributed by atoms with E-state index in [0.717, 1.165) is 16.6 Å². The average molecular weight is 468 g/mol. The Morgan fingerprint density at radius 2 is 1.63 bits per heavy atom. The van der Waals surface area contributed by atoms with Crippen molar-refractivity contribution in [3.8, 4) is 0 Å². The van der Waals surface area contributed by atoms with Gasteiger partial charge in [-0.3, -0.25) is 19.3 Å². The van der Waals surface area contributed by atoms with Gasteiger partial charge < -0.3 is 9.30 Å². The zero-order valence-electron chi connectivity index (χ0n) is 19.5. The number of hydrogen-bond donors (Lipinski definition) is 0. The minimum absolute atomic E-state index is 0.143. The predicted octanol–water partition coefficient (Wildman–Crippen LogP) is 4.34. The lowest BCUT2D eigenvalue weighted by molar-refractivity contribution is -0.153. The fourth-order valence-corrected chi connectivity index (χ4v) is 4.62. The fraction of sp³-hybridized carbons (Fsp3) is 0.214. The van der Waals surface area contributed by atoms with E-state index in [-0.39, 0.29) is 18.9 Å². The van der Waals surface area contributed by atoms with Crippen molar-refractivity contribution in [3.05, 3.63) is 95.6 Å². The third kappa shape index (κ3) is 3.99. The lowest BCUT2D eigenvalue weighted by atomic mass is 9.89. The van der Waals surface area contributed by atoms with Crippen LogP contribution in [0.2, 0.25) is 0 Å². The van der Waals surface area contributed by atoms with E-state index in [4.69, 9.17) is 9.72 Å². The SMILES string of the molecule is CCOC(=O)[C@H]1C(=O)N(CC(=O)c2ccc(C)cc2)c2nc3ccccc3n2[C@H]1c1ccccc1. The second-order valence-corrected chi connectivity index (χ2v) is 8.57. The lowest BCUT2D eigenvalue weighted by Crippen LogP contribution is -2.51. The Morgan fingerprint density at radius 3 is 2.34 bits per heavy atom. The Hall–Kier alpha value is -4.26. The van der Waals surface area contributed by atoms with Gasteiger partial charge in [-0.15, -0.1) is 0 Å². The van der Waals surface area contributed by atoms with Gasteiger partial charge in [0.1, 0.15) is 0 Å². The number of ketones is 1. The summed E-state index contributed by atoms with van der Waals surface area (Å²) >= 11 is 0. The van der Waals surface area contributed by atoms with Gasteiger partial charge in [-0.25, -0.2) is 4.98 Å². The van der Waals surface area contributed by atoms with Gasteiger partial charge >= 0.3 is 5.97 Å². The van der Waals surface area contributed by atoms with Crippen LogP contribution in [0.5, 0.6) is 0 Å². The van der Waals surface area contributed by atoms with E-state index in [1.165, 1.54) is 4.90 Å².